The van der Waals surface area contributed by atoms with Gasteiger partial charge in [-0.05, 0) is 41.4 Å². The lowest BCUT2D eigenvalue weighted by molar-refractivity contribution is -0.0983. The first-order valence-corrected chi connectivity index (χ1v) is 5.30. The Bertz CT molecular complexity index is 253. The standard InChI is InChI=1S/C11H17BN/c1-7-9-4-8(11(9,2)3)5-10(7)12-6-13/h7-10H,4-5H2,1-3H3/t7?,8?,9-,10?/m1/s1. The summed E-state index contributed by atoms with van der Waals surface area (Å²) in [4.78, 5) is 0. The third-order valence-electron chi connectivity index (χ3n) is 4.70. The maximum Gasteiger partial charge on any atom is 0.258 e. The van der Waals surface area contributed by atoms with Crippen LogP contribution in [0.4, 0.5) is 0 Å². The van der Waals surface area contributed by atoms with Crippen LogP contribution in [0.25, 0.3) is 0 Å². The zero-order chi connectivity index (χ0) is 9.64. The second kappa shape index (κ2) is 2.77. The van der Waals surface area contributed by atoms with Gasteiger partial charge in [0, 0.05) is 0 Å². The maximum atomic E-state index is 8.66. The molecule has 4 atom stereocenters. The van der Waals surface area contributed by atoms with Crippen molar-refractivity contribution in [1.82, 2.24) is 0 Å². The molecule has 0 N–H and O–H groups in total. The molecule has 0 spiro atoms. The molecule has 1 nitrogen and oxygen atoms in total. The molecular formula is C11H17BN. The summed E-state index contributed by atoms with van der Waals surface area (Å²) in [7, 11) is 1.86. The van der Waals surface area contributed by atoms with Gasteiger partial charge in [0.25, 0.3) is 7.28 Å². The molecule has 69 valence electrons. The van der Waals surface area contributed by atoms with Crippen molar-refractivity contribution in [2.24, 2.45) is 23.2 Å². The van der Waals surface area contributed by atoms with E-state index in [1.807, 2.05) is 7.28 Å². The Balaban J connectivity index is 2.08. The van der Waals surface area contributed by atoms with Crippen LogP contribution in [0.3, 0.4) is 0 Å². The molecule has 2 heteroatoms. The van der Waals surface area contributed by atoms with Crippen molar-refractivity contribution in [3.63, 3.8) is 0 Å². The third kappa shape index (κ3) is 1.13. The molecule has 3 rings (SSSR count). The molecule has 0 saturated heterocycles. The number of nitriles is 1. The lowest BCUT2D eigenvalue weighted by Gasteiger charge is -2.62. The van der Waals surface area contributed by atoms with Crippen molar-refractivity contribution in [2.45, 2.75) is 39.4 Å². The van der Waals surface area contributed by atoms with Crippen LogP contribution in [0.1, 0.15) is 33.6 Å². The van der Waals surface area contributed by atoms with Gasteiger partial charge < -0.3 is 0 Å². The van der Waals surface area contributed by atoms with Gasteiger partial charge in [-0.25, -0.2) is 5.26 Å². The smallest absolute Gasteiger partial charge is 0.213 e. The Kier molecular flexibility index (Phi) is 1.94. The van der Waals surface area contributed by atoms with E-state index in [0.717, 1.165) is 17.8 Å². The first-order valence-electron chi connectivity index (χ1n) is 5.30. The van der Waals surface area contributed by atoms with E-state index in [1.54, 1.807) is 0 Å². The van der Waals surface area contributed by atoms with Crippen molar-refractivity contribution in [3.05, 3.63) is 0 Å². The molecule has 0 aromatic heterocycles. The number of fused-ring (bicyclic) bond motifs is 2. The van der Waals surface area contributed by atoms with Crippen LogP contribution in [0.5, 0.6) is 0 Å². The van der Waals surface area contributed by atoms with Gasteiger partial charge >= 0.3 is 0 Å². The first-order chi connectivity index (χ1) is 6.07. The van der Waals surface area contributed by atoms with Gasteiger partial charge in [0.2, 0.25) is 0 Å². The fourth-order valence-corrected chi connectivity index (χ4v) is 3.51. The van der Waals surface area contributed by atoms with E-state index in [0.29, 0.717) is 11.2 Å². The number of hydrogen-bond donors (Lipinski definition) is 0. The SMILES string of the molecule is CC1C([B]C#N)CC2C[C@H]1C2(C)C. The van der Waals surface area contributed by atoms with E-state index in [-0.39, 0.29) is 0 Å². The highest BCUT2D eigenvalue weighted by Gasteiger charge is 2.55. The minimum absolute atomic E-state index is 0.555. The van der Waals surface area contributed by atoms with Gasteiger partial charge in [-0.2, -0.15) is 0 Å². The highest BCUT2D eigenvalue weighted by molar-refractivity contribution is 6.47. The Hall–Kier alpha value is -0.445. The Morgan fingerprint density at radius 1 is 1.38 bits per heavy atom. The monoisotopic (exact) mass is 174 g/mol. The Morgan fingerprint density at radius 3 is 2.54 bits per heavy atom. The Labute approximate surface area is 81.8 Å². The molecular weight excluding hydrogens is 157 g/mol. The third-order valence-corrected chi connectivity index (χ3v) is 4.70. The molecule has 3 unspecified atom stereocenters. The summed E-state index contributed by atoms with van der Waals surface area (Å²) in [6, 6.07) is 0. The number of nitrogens with zero attached hydrogens (tertiary/aromatic N) is 1. The van der Waals surface area contributed by atoms with Crippen LogP contribution in [-0.2, 0) is 0 Å². The summed E-state index contributed by atoms with van der Waals surface area (Å²) in [5.74, 6) is 5.24. The fraction of sp³-hybridized carbons (Fsp3) is 0.909. The van der Waals surface area contributed by atoms with Gasteiger partial charge in [0.1, 0.15) is 0 Å². The normalized spacial score (nSPS) is 46.0. The minimum atomic E-state index is 0.555. The highest BCUT2D eigenvalue weighted by Crippen LogP contribution is 2.64. The second-order valence-corrected chi connectivity index (χ2v) is 5.41. The molecule has 3 aliphatic rings. The summed E-state index contributed by atoms with van der Waals surface area (Å²) >= 11 is 0. The van der Waals surface area contributed by atoms with E-state index in [4.69, 9.17) is 5.26 Å². The van der Waals surface area contributed by atoms with Crippen LogP contribution < -0.4 is 0 Å². The average Bonchev–Trinajstić information content (AvgIpc) is 2.08. The van der Waals surface area contributed by atoms with Crippen LogP contribution in [0, 0.1) is 34.4 Å². The fourth-order valence-electron chi connectivity index (χ4n) is 3.51. The zero-order valence-electron chi connectivity index (χ0n) is 8.75. The zero-order valence-corrected chi connectivity index (χ0v) is 8.75. The van der Waals surface area contributed by atoms with Gasteiger partial charge in [-0.3, -0.25) is 0 Å². The van der Waals surface area contributed by atoms with E-state index >= 15 is 0 Å². The van der Waals surface area contributed by atoms with Gasteiger partial charge in [0.05, 0.1) is 0 Å². The van der Waals surface area contributed by atoms with Crippen molar-refractivity contribution in [3.8, 4) is 5.97 Å². The van der Waals surface area contributed by atoms with Crippen molar-refractivity contribution >= 4 is 7.28 Å². The molecule has 2 bridgehead atoms. The molecule has 3 saturated carbocycles. The number of hydrogen-bond acceptors (Lipinski definition) is 1. The average molecular weight is 174 g/mol. The topological polar surface area (TPSA) is 23.8 Å². The summed E-state index contributed by atoms with van der Waals surface area (Å²) < 4.78 is 0. The van der Waals surface area contributed by atoms with Gasteiger partial charge in [-0.15, -0.1) is 0 Å². The summed E-state index contributed by atoms with van der Waals surface area (Å²) in [6.45, 7) is 7.11. The van der Waals surface area contributed by atoms with E-state index in [1.165, 1.54) is 12.8 Å². The molecule has 0 heterocycles. The van der Waals surface area contributed by atoms with Crippen LogP contribution >= 0.6 is 0 Å². The van der Waals surface area contributed by atoms with Crippen LogP contribution in [0.15, 0.2) is 0 Å². The predicted molar refractivity (Wildman–Crippen MR) is 54.3 cm³/mol. The molecule has 1 radical (unpaired) electrons. The van der Waals surface area contributed by atoms with Crippen molar-refractivity contribution in [1.29, 1.82) is 5.26 Å². The van der Waals surface area contributed by atoms with Gasteiger partial charge in [-0.1, -0.05) is 27.2 Å². The summed E-state index contributed by atoms with van der Waals surface area (Å²) in [6.07, 6.45) is 2.65. The maximum absolute atomic E-state index is 8.66. The molecule has 13 heavy (non-hydrogen) atoms. The molecule has 0 aromatic carbocycles. The predicted octanol–water partition coefficient (Wildman–Crippen LogP) is 2.66. The quantitative estimate of drug-likeness (QED) is 0.560. The molecule has 0 amide bonds. The van der Waals surface area contributed by atoms with Crippen LogP contribution in [-0.4, -0.2) is 7.28 Å². The Morgan fingerprint density at radius 2 is 2.08 bits per heavy atom. The van der Waals surface area contributed by atoms with E-state index < -0.39 is 0 Å². The van der Waals surface area contributed by atoms with Crippen molar-refractivity contribution < 1.29 is 0 Å². The number of rotatable bonds is 1. The minimum Gasteiger partial charge on any atom is -0.213 e. The summed E-state index contributed by atoms with van der Waals surface area (Å²) in [5.41, 5.74) is 0.555. The summed E-state index contributed by atoms with van der Waals surface area (Å²) in [5, 5.41) is 8.66. The second-order valence-electron chi connectivity index (χ2n) is 5.41. The van der Waals surface area contributed by atoms with E-state index in [2.05, 4.69) is 26.7 Å². The molecule has 3 aliphatic carbocycles. The largest absolute Gasteiger partial charge is 0.258 e. The molecule has 0 aliphatic heterocycles. The van der Waals surface area contributed by atoms with Crippen molar-refractivity contribution in [2.75, 3.05) is 0 Å². The lowest BCUT2D eigenvalue weighted by atomic mass is 9.38. The van der Waals surface area contributed by atoms with E-state index in [9.17, 15) is 0 Å². The van der Waals surface area contributed by atoms with Gasteiger partial charge in [0.15, 0.2) is 0 Å². The first kappa shape index (κ1) is 9.12. The molecule has 3 fully saturated rings. The van der Waals surface area contributed by atoms with Crippen LogP contribution in [0.2, 0.25) is 5.82 Å². The molecule has 0 aromatic rings. The highest BCUT2D eigenvalue weighted by atomic mass is 14.6. The lowest BCUT2D eigenvalue weighted by Crippen LogP contribution is -2.54.